The van der Waals surface area contributed by atoms with Gasteiger partial charge in [-0.15, -0.1) is 0 Å². The lowest BCUT2D eigenvalue weighted by Crippen LogP contribution is -2.68. The quantitative estimate of drug-likeness (QED) is 0.0238. The molecule has 0 aromatic heterocycles. The summed E-state index contributed by atoms with van der Waals surface area (Å²) in [5.41, 5.74) is 6.58. The smallest absolute Gasteiger partial charge is 0.364 e. The number of carbonyl (C=O) groups is 10. The molecular formula is C102H130N8O33S2. The molecule has 2 aliphatic heterocycles. The topological polar surface area (TPSA) is 575 Å². The molecule has 16 N–H and O–H groups in total. The van der Waals surface area contributed by atoms with Crippen molar-refractivity contribution in [2.45, 2.75) is 144 Å². The Bertz CT molecular complexity index is 5450. The van der Waals surface area contributed by atoms with E-state index in [1.165, 1.54) is 76.2 Å². The molecule has 145 heavy (non-hydrogen) atoms. The van der Waals surface area contributed by atoms with Crippen LogP contribution in [-0.2, 0) is 77.8 Å². The number of aliphatic hydroxyl groups excluding tert-OH is 6. The lowest BCUT2D eigenvalue weighted by Gasteiger charge is -2.46. The van der Waals surface area contributed by atoms with E-state index in [4.69, 9.17) is 66.3 Å². The third-order valence-electron chi connectivity index (χ3n) is 23.7. The van der Waals surface area contributed by atoms with Crippen molar-refractivity contribution in [1.82, 2.24) is 42.5 Å². The van der Waals surface area contributed by atoms with Gasteiger partial charge in [-0.2, -0.15) is 23.5 Å². The minimum Gasteiger partial charge on any atom is -0.493 e. The van der Waals surface area contributed by atoms with Crippen molar-refractivity contribution < 1.29 is 155 Å². The number of ether oxygens (including phenoxy) is 14. The van der Waals surface area contributed by atoms with Gasteiger partial charge in [0.05, 0.1) is 156 Å². The summed E-state index contributed by atoms with van der Waals surface area (Å²) in [5.74, 6) is -9.98. The highest BCUT2D eigenvalue weighted by Crippen LogP contribution is 2.51. The van der Waals surface area contributed by atoms with Crippen LogP contribution in [0.4, 0.5) is 0 Å². The Morgan fingerprint density at radius 2 is 0.876 bits per heavy atom. The predicted octanol–water partition coefficient (Wildman–Crippen LogP) is 4.16. The number of benzene rings is 6. The van der Waals surface area contributed by atoms with Crippen LogP contribution >= 0.6 is 23.5 Å². The van der Waals surface area contributed by atoms with Crippen molar-refractivity contribution in [1.29, 1.82) is 0 Å². The molecule has 41 nitrogen and oxygen atoms in total. The second-order valence-electron chi connectivity index (χ2n) is 33.9. The molecule has 0 bridgehead atoms. The Kier molecular flexibility index (Phi) is 46.7. The zero-order chi connectivity index (χ0) is 104. The number of aliphatic hydroxyl groups is 6. The van der Waals surface area contributed by atoms with Gasteiger partial charge in [-0.25, -0.2) is 9.59 Å². The largest absolute Gasteiger partial charge is 0.493 e. The Morgan fingerprint density at radius 1 is 0.434 bits per heavy atom. The van der Waals surface area contributed by atoms with Crippen molar-refractivity contribution >= 4 is 82.7 Å². The van der Waals surface area contributed by atoms with E-state index in [-0.39, 0.29) is 182 Å². The first-order valence-corrected chi connectivity index (χ1v) is 49.8. The van der Waals surface area contributed by atoms with Crippen LogP contribution in [0, 0.1) is 0 Å². The number of carboxylic acids is 2. The van der Waals surface area contributed by atoms with Crippen molar-refractivity contribution in [2.75, 3.05) is 170 Å². The molecule has 3 unspecified atom stereocenters. The van der Waals surface area contributed by atoms with Gasteiger partial charge >= 0.3 is 11.9 Å². The summed E-state index contributed by atoms with van der Waals surface area (Å²) in [7, 11) is 5.93. The van der Waals surface area contributed by atoms with Gasteiger partial charge in [-0.3, -0.25) is 43.2 Å². The van der Waals surface area contributed by atoms with E-state index in [1.54, 1.807) is 60.7 Å². The highest BCUT2D eigenvalue weighted by Gasteiger charge is 2.58. The van der Waals surface area contributed by atoms with Crippen LogP contribution in [0.5, 0.6) is 28.7 Å². The molecule has 7 aromatic rings. The molecule has 788 valence electrons. The summed E-state index contributed by atoms with van der Waals surface area (Å²) in [6, 6.07) is 39.7. The zero-order valence-corrected chi connectivity index (χ0v) is 83.2. The van der Waals surface area contributed by atoms with Gasteiger partial charge < -0.3 is 150 Å². The molecule has 2 heterocycles. The first-order chi connectivity index (χ1) is 69.9. The lowest BCUT2D eigenvalue weighted by atomic mass is 9.88. The van der Waals surface area contributed by atoms with Crippen molar-refractivity contribution in [3.05, 3.63) is 195 Å². The molecule has 0 spiro atoms. The number of hydrogen-bond donors (Lipinski definition) is 16. The van der Waals surface area contributed by atoms with E-state index in [1.807, 2.05) is 66.7 Å². The van der Waals surface area contributed by atoms with Crippen molar-refractivity contribution in [3.8, 4) is 62.1 Å². The summed E-state index contributed by atoms with van der Waals surface area (Å²) in [4.78, 5) is 144. The van der Waals surface area contributed by atoms with Crippen molar-refractivity contribution in [2.24, 2.45) is 0 Å². The molecule has 1 aliphatic carbocycles. The number of hydrogen-bond acceptors (Lipinski definition) is 33. The third-order valence-corrected chi connectivity index (χ3v) is 25.9. The standard InChI is InChI=1S/C102H130N8O33S2/c1-62(111)108-87-77(114)58-101(99(126)127,142-93(87)89(120)79(116)60-106-95(122)68-23-19-66(20-24-68)64-15-9-7-10-16-64)140-38-13-51-144-53-36-104-97(124)71-27-29-73(98(125)105-37-54-145-52-14-39-141-102(100(128)129)59-78(115)88(109-63(2)112)94(143-102)90(121)80(117)61-107-96(123)69-25-21-67(22-26-69)65-17-11-8-12-18-65)82(56-71)139-50-49-138-48-47-137-46-45-136-44-43-135-42-41-134-40-35-103-84(118)33-34-85(119)110-75-31-28-70-55-83(131-4)91(132-5)92(133-6)86(70)72-30-32-81(130-3)76(113)57-74(72)75/h7-12,15-27,29-30,32,55-57,75,77-80,87-90,93-94,114-117,120-121H,13-14,28,31,33-54,58-61H2,1-6H3,(H,103,118)(H,104,124)(H,105,125)(H,106,122)(H,107,123)(H,108,111)(H,109,112)(H,110,119)(H,126,127)(H,128,129)/t75?,77-,78-,79+,80+,87+,88+,89?,90?,93+,94+,101+,102+/m0/s1. The minimum atomic E-state index is -2.56. The Hall–Kier alpha value is -12.0. The fourth-order valence-corrected chi connectivity index (χ4v) is 17.9. The summed E-state index contributed by atoms with van der Waals surface area (Å²) in [5, 5.41) is 111. The zero-order valence-electron chi connectivity index (χ0n) is 81.6. The van der Waals surface area contributed by atoms with Crippen LogP contribution in [-0.4, -0.2) is 343 Å². The monoisotopic (exact) mass is 2060 g/mol. The number of fused-ring (bicyclic) bond motifs is 3. The number of methoxy groups -OCH3 is 4. The molecule has 3 aliphatic rings. The average molecular weight is 2060 g/mol. The van der Waals surface area contributed by atoms with Crippen LogP contribution < -0.4 is 71.6 Å². The lowest BCUT2D eigenvalue weighted by molar-refractivity contribution is -0.310. The first-order valence-electron chi connectivity index (χ1n) is 47.5. The molecule has 8 amide bonds. The second-order valence-corrected chi connectivity index (χ2v) is 36.4. The summed E-state index contributed by atoms with van der Waals surface area (Å²) in [6.07, 6.45) is -14.7. The molecule has 10 rings (SSSR count). The number of carbonyl (C=O) groups excluding carboxylic acids is 8. The molecule has 2 fully saturated rings. The van der Waals surface area contributed by atoms with E-state index in [0.29, 0.717) is 69.8 Å². The Balaban J connectivity index is 0.637. The highest BCUT2D eigenvalue weighted by molar-refractivity contribution is 7.99. The maximum atomic E-state index is 13.9. The van der Waals surface area contributed by atoms with Crippen LogP contribution in [0.15, 0.2) is 156 Å². The molecular weight excluding hydrogens is 1930 g/mol. The maximum absolute atomic E-state index is 13.9. The van der Waals surface area contributed by atoms with Gasteiger partial charge in [0.2, 0.25) is 34.8 Å². The second kappa shape index (κ2) is 59.0. The van der Waals surface area contributed by atoms with Crippen LogP contribution in [0.1, 0.15) is 117 Å². The summed E-state index contributed by atoms with van der Waals surface area (Å²) in [6.45, 7) is 3.15. The maximum Gasteiger partial charge on any atom is 0.364 e. The van der Waals surface area contributed by atoms with E-state index in [9.17, 15) is 93.6 Å². The molecule has 0 radical (unpaired) electrons. The fraction of sp³-hybridized carbons (Fsp3) is 0.480. The SMILES string of the molecule is COc1cc2c(c(OC)c1OC)-c1ccc(OC)c(=O)cc1C(NC(=O)CCC(=O)NCCOCCOCCOCCOCCOCCOc1cc(C(=O)NCCSCCCO[C@]3(C(=O)O)C[C@H](O)[C@@H](NC(C)=O)[C@H](C(O)[C@H](O)CNC(=O)c4ccc(-c5ccccc5)cc4)O3)ccc1C(=O)NCCSCCCO[C@]1(C(=O)O)C[C@H](O)[C@@H](NC(C)=O)[C@H](C(O)[C@H](O)CNC(=O)c3ccc(-c4ccccc4)cc3)O1)CC2. The number of aliphatic carboxylic acids is 2. The van der Waals surface area contributed by atoms with Crippen molar-refractivity contribution in [3.63, 3.8) is 0 Å². The van der Waals surface area contributed by atoms with Gasteiger partial charge in [0.25, 0.3) is 35.2 Å². The van der Waals surface area contributed by atoms with E-state index in [2.05, 4.69) is 42.5 Å². The first kappa shape index (κ1) is 115. The Labute approximate surface area is 847 Å². The molecule has 2 saturated heterocycles. The summed E-state index contributed by atoms with van der Waals surface area (Å²) >= 11 is 2.74. The van der Waals surface area contributed by atoms with Gasteiger partial charge in [0.15, 0.2) is 17.2 Å². The number of amides is 8. The number of rotatable bonds is 61. The predicted molar refractivity (Wildman–Crippen MR) is 532 cm³/mol. The van der Waals surface area contributed by atoms with E-state index in [0.717, 1.165) is 41.7 Å². The van der Waals surface area contributed by atoms with Gasteiger partial charge in [0.1, 0.15) is 36.8 Å². The highest BCUT2D eigenvalue weighted by atomic mass is 32.2. The normalized spacial score (nSPS) is 19.2. The van der Waals surface area contributed by atoms with Crippen LogP contribution in [0.25, 0.3) is 33.4 Å². The van der Waals surface area contributed by atoms with Gasteiger partial charge in [-0.1, -0.05) is 91.0 Å². The van der Waals surface area contributed by atoms with Gasteiger partial charge in [-0.05, 0) is 137 Å². The van der Waals surface area contributed by atoms with Gasteiger partial charge in [0, 0.05) is 106 Å². The van der Waals surface area contributed by atoms with Crippen LogP contribution in [0.3, 0.4) is 0 Å². The fourth-order valence-electron chi connectivity index (χ4n) is 16.4. The third kappa shape index (κ3) is 34.0. The molecule has 7 aromatic carbocycles. The number of nitrogens with one attached hydrogen (secondary N) is 8. The number of aryl methyl sites for hydroxylation is 1. The van der Waals surface area contributed by atoms with Crippen LogP contribution in [0.2, 0.25) is 0 Å². The minimum absolute atomic E-state index is 0.0324. The Morgan fingerprint density at radius 3 is 1.34 bits per heavy atom. The van der Waals surface area contributed by atoms with E-state index >= 15 is 0 Å². The average Bonchev–Trinajstić information content (AvgIpc) is 1.66. The molecule has 0 saturated carbocycles. The number of thioether (sulfide) groups is 2. The number of carboxylic acid groups (broad SMARTS) is 2. The summed E-state index contributed by atoms with van der Waals surface area (Å²) < 4.78 is 80.4. The molecule has 43 heteroatoms. The molecule has 13 atom stereocenters. The van der Waals surface area contributed by atoms with E-state index < -0.39 is 152 Å².